The van der Waals surface area contributed by atoms with Crippen molar-refractivity contribution in [2.24, 2.45) is 7.05 Å². The van der Waals surface area contributed by atoms with Gasteiger partial charge < -0.3 is 20.3 Å². The molecule has 10 heteroatoms. The lowest BCUT2D eigenvalue weighted by Crippen LogP contribution is -2.58. The predicted octanol–water partition coefficient (Wildman–Crippen LogP) is 4.01. The van der Waals surface area contributed by atoms with Crippen LogP contribution in [0.1, 0.15) is 53.6 Å². The lowest BCUT2D eigenvalue weighted by atomic mass is 9.87. The largest absolute Gasteiger partial charge is 0.430 e. The summed E-state index contributed by atoms with van der Waals surface area (Å²) >= 11 is 0. The van der Waals surface area contributed by atoms with E-state index in [1.165, 1.54) is 65.3 Å². The maximum absolute atomic E-state index is 14.1. The Bertz CT molecular complexity index is 1070. The molecule has 2 rings (SSSR count). The average Bonchev–Trinajstić information content (AvgIpc) is 2.84. The van der Waals surface area contributed by atoms with Gasteiger partial charge in [-0.1, -0.05) is 0 Å². The van der Waals surface area contributed by atoms with Crippen molar-refractivity contribution in [1.82, 2.24) is 9.88 Å². The van der Waals surface area contributed by atoms with Gasteiger partial charge in [0.05, 0.1) is 0 Å². The molecule has 176 valence electrons. The second-order valence-corrected chi connectivity index (χ2v) is 8.82. The van der Waals surface area contributed by atoms with E-state index < -0.39 is 40.5 Å². The molecule has 2 amide bonds. The monoisotopic (exact) mass is 457 g/mol. The van der Waals surface area contributed by atoms with E-state index >= 15 is 0 Å². The van der Waals surface area contributed by atoms with Crippen LogP contribution in [-0.2, 0) is 17.4 Å². The van der Waals surface area contributed by atoms with E-state index in [1.807, 2.05) is 0 Å². The number of nitrogens with one attached hydrogen (secondary N) is 2. The van der Waals surface area contributed by atoms with E-state index in [0.717, 1.165) is 6.07 Å². The molecule has 6 nitrogen and oxygen atoms in total. The normalized spacial score (nSPS) is 14.1. The predicted molar refractivity (Wildman–Crippen MR) is 112 cm³/mol. The molecule has 32 heavy (non-hydrogen) atoms. The minimum Gasteiger partial charge on any atom is -0.368 e. The quantitative estimate of drug-likeness (QED) is 0.607. The first-order valence-electron chi connectivity index (χ1n) is 9.77. The lowest BCUT2D eigenvalue weighted by molar-refractivity contribution is -0.257. The van der Waals surface area contributed by atoms with Gasteiger partial charge in [0.1, 0.15) is 11.5 Å². The molecule has 0 radical (unpaired) electrons. The number of carbonyl (C=O) groups excluding carboxylic acids is 2. The van der Waals surface area contributed by atoms with Crippen molar-refractivity contribution < 1.29 is 32.3 Å². The Morgan fingerprint density at radius 1 is 1.06 bits per heavy atom. The zero-order chi connectivity index (χ0) is 24.8. The molecular formula is C22H27F4N3O3. The van der Waals surface area contributed by atoms with Gasteiger partial charge in [-0.2, -0.15) is 13.2 Å². The van der Waals surface area contributed by atoms with E-state index in [0.29, 0.717) is 0 Å². The molecule has 0 aliphatic carbocycles. The van der Waals surface area contributed by atoms with Gasteiger partial charge in [0.2, 0.25) is 0 Å². The first-order valence-corrected chi connectivity index (χ1v) is 9.77. The van der Waals surface area contributed by atoms with Crippen LogP contribution in [0.2, 0.25) is 0 Å². The minimum absolute atomic E-state index is 0.105. The summed E-state index contributed by atoms with van der Waals surface area (Å²) < 4.78 is 56.9. The number of hydrogen-bond donors (Lipinski definition) is 3. The van der Waals surface area contributed by atoms with E-state index in [2.05, 4.69) is 10.6 Å². The van der Waals surface area contributed by atoms with Crippen molar-refractivity contribution in [1.29, 1.82) is 0 Å². The van der Waals surface area contributed by atoms with Gasteiger partial charge in [0, 0.05) is 29.5 Å². The van der Waals surface area contributed by atoms with Crippen LogP contribution in [-0.4, -0.2) is 33.2 Å². The second kappa shape index (κ2) is 8.23. The van der Waals surface area contributed by atoms with Gasteiger partial charge in [0.25, 0.3) is 17.4 Å². The fourth-order valence-corrected chi connectivity index (χ4v) is 3.56. The maximum Gasteiger partial charge on any atom is 0.430 e. The van der Waals surface area contributed by atoms with Crippen LogP contribution in [0.5, 0.6) is 0 Å². The van der Waals surface area contributed by atoms with Crippen molar-refractivity contribution in [2.75, 3.05) is 5.32 Å². The molecule has 0 bridgehead atoms. The Morgan fingerprint density at radius 3 is 2.09 bits per heavy atom. The summed E-state index contributed by atoms with van der Waals surface area (Å²) in [5.41, 5.74) is -5.61. The number of carbonyl (C=O) groups is 2. The fraction of sp³-hybridized carbons (Fsp3) is 0.455. The Balaban J connectivity index is 2.62. The number of alkyl halides is 3. The molecule has 0 fully saturated rings. The zero-order valence-corrected chi connectivity index (χ0v) is 19.0. The highest BCUT2D eigenvalue weighted by Gasteiger charge is 2.63. The molecule has 1 unspecified atom stereocenters. The summed E-state index contributed by atoms with van der Waals surface area (Å²) in [5, 5.41) is 15.5. The van der Waals surface area contributed by atoms with E-state index in [4.69, 9.17) is 0 Å². The highest BCUT2D eigenvalue weighted by atomic mass is 19.4. The number of nitrogens with zero attached hydrogens (tertiary/aromatic N) is 1. The van der Waals surface area contributed by atoms with Gasteiger partial charge in [-0.05, 0) is 70.9 Å². The summed E-state index contributed by atoms with van der Waals surface area (Å²) in [5.74, 6) is -2.89. The number of aliphatic hydroxyl groups is 1. The Labute approximate surface area is 183 Å². The molecule has 0 saturated heterocycles. The van der Waals surface area contributed by atoms with Crippen LogP contribution in [0.4, 0.5) is 23.2 Å². The molecule has 1 aromatic heterocycles. The van der Waals surface area contributed by atoms with Gasteiger partial charge in [-0.25, -0.2) is 4.39 Å². The van der Waals surface area contributed by atoms with Crippen molar-refractivity contribution in [3.05, 3.63) is 52.1 Å². The first kappa shape index (κ1) is 25.4. The molecule has 1 atom stereocenters. The van der Waals surface area contributed by atoms with Crippen LogP contribution >= 0.6 is 0 Å². The van der Waals surface area contributed by atoms with Gasteiger partial charge in [-0.15, -0.1) is 0 Å². The molecule has 0 saturated carbocycles. The van der Waals surface area contributed by atoms with Crippen LogP contribution in [0.15, 0.2) is 18.2 Å². The minimum atomic E-state index is -5.36. The molecule has 0 aliphatic rings. The number of aromatic nitrogens is 1. The summed E-state index contributed by atoms with van der Waals surface area (Å²) in [6, 6.07) is 3.84. The smallest absolute Gasteiger partial charge is 0.368 e. The third-order valence-corrected chi connectivity index (χ3v) is 5.15. The van der Waals surface area contributed by atoms with E-state index in [9.17, 15) is 32.3 Å². The molecule has 2 aromatic rings. The van der Waals surface area contributed by atoms with Gasteiger partial charge in [-0.3, -0.25) is 9.59 Å². The van der Waals surface area contributed by atoms with Crippen molar-refractivity contribution in [3.8, 4) is 0 Å². The summed E-state index contributed by atoms with van der Waals surface area (Å²) in [6.45, 7) is 8.45. The number of halogens is 4. The number of aryl methyl sites for hydroxylation is 1. The average molecular weight is 457 g/mol. The van der Waals surface area contributed by atoms with Crippen LogP contribution in [0, 0.1) is 26.6 Å². The molecular weight excluding hydrogens is 430 g/mol. The summed E-state index contributed by atoms with van der Waals surface area (Å²) in [6.07, 6.45) is -5.36. The number of hydrogen-bond acceptors (Lipinski definition) is 3. The van der Waals surface area contributed by atoms with Crippen LogP contribution in [0.25, 0.3) is 0 Å². The summed E-state index contributed by atoms with van der Waals surface area (Å²) in [7, 11) is 1.36. The number of rotatable bonds is 4. The molecule has 0 aliphatic heterocycles. The number of amides is 2. The highest BCUT2D eigenvalue weighted by molar-refractivity contribution is 6.05. The number of anilines is 1. The second-order valence-electron chi connectivity index (χ2n) is 8.82. The summed E-state index contributed by atoms with van der Waals surface area (Å²) in [4.78, 5) is 25.6. The topological polar surface area (TPSA) is 83.4 Å². The Kier molecular flexibility index (Phi) is 6.53. The lowest BCUT2D eigenvalue weighted by Gasteiger charge is -2.33. The van der Waals surface area contributed by atoms with E-state index in [-0.39, 0.29) is 28.2 Å². The third-order valence-electron chi connectivity index (χ3n) is 5.15. The zero-order valence-electron chi connectivity index (χ0n) is 19.0. The van der Waals surface area contributed by atoms with E-state index in [1.54, 1.807) is 0 Å². The highest BCUT2D eigenvalue weighted by Crippen LogP contribution is 2.44. The molecule has 1 heterocycles. The van der Waals surface area contributed by atoms with Crippen molar-refractivity contribution >= 4 is 17.5 Å². The van der Waals surface area contributed by atoms with Gasteiger partial charge >= 0.3 is 6.18 Å². The Hall–Kier alpha value is -2.88. The molecule has 1 aromatic carbocycles. The molecule has 3 N–H and O–H groups in total. The molecule has 0 spiro atoms. The SMILES string of the molecule is Cc1cc(NC(=O)c2c(C)c(C(O)(C(=O)NC(C)(C)C)C(F)(F)F)c(C)n2C)ccc1F. The van der Waals surface area contributed by atoms with Crippen LogP contribution in [0.3, 0.4) is 0 Å². The van der Waals surface area contributed by atoms with Crippen molar-refractivity contribution in [2.45, 2.75) is 58.9 Å². The van der Waals surface area contributed by atoms with Gasteiger partial charge in [0.15, 0.2) is 0 Å². The maximum atomic E-state index is 14.1. The standard InChI is InChI=1S/C22H27F4N3O3/c1-11-10-14(8-9-15(11)23)27-18(30)17-12(2)16(13(3)29(17)7)21(32,22(24,25)26)19(31)28-20(4,5)6/h8-10,32H,1-7H3,(H,27,30)(H,28,31). The van der Waals surface area contributed by atoms with Crippen molar-refractivity contribution in [3.63, 3.8) is 0 Å². The third kappa shape index (κ3) is 4.50. The fourth-order valence-electron chi connectivity index (χ4n) is 3.56. The Morgan fingerprint density at radius 2 is 1.62 bits per heavy atom. The van der Waals surface area contributed by atoms with Crippen LogP contribution < -0.4 is 10.6 Å². The number of benzene rings is 1. The first-order chi connectivity index (χ1) is 14.4.